The normalized spacial score (nSPS) is 15.9. The van der Waals surface area contributed by atoms with Crippen LogP contribution < -0.4 is 9.88 Å². The van der Waals surface area contributed by atoms with Crippen molar-refractivity contribution in [2.75, 3.05) is 13.1 Å². The smallest absolute Gasteiger partial charge is 0.266 e. The summed E-state index contributed by atoms with van der Waals surface area (Å²) >= 11 is 0. The van der Waals surface area contributed by atoms with Crippen molar-refractivity contribution in [1.82, 2.24) is 4.90 Å². The Labute approximate surface area is 170 Å². The van der Waals surface area contributed by atoms with Gasteiger partial charge in [-0.2, -0.15) is 0 Å². The van der Waals surface area contributed by atoms with Crippen molar-refractivity contribution in [2.24, 2.45) is 5.14 Å². The van der Waals surface area contributed by atoms with Crippen LogP contribution >= 0.6 is 0 Å². The van der Waals surface area contributed by atoms with E-state index in [0.29, 0.717) is 31.7 Å². The maximum Gasteiger partial charge on any atom is 0.266 e. The number of nitrogens with zero attached hydrogens (tertiary/aromatic N) is 1. The molecular weight excluding hydrogens is 395 g/mol. The van der Waals surface area contributed by atoms with Crippen LogP contribution in [0.15, 0.2) is 53.4 Å². The van der Waals surface area contributed by atoms with E-state index >= 15 is 0 Å². The third-order valence-electron chi connectivity index (χ3n) is 5.14. The summed E-state index contributed by atoms with van der Waals surface area (Å²) in [6, 6.07) is 12.2. The molecular formula is C21H25FN2O4S. The number of rotatable bonds is 5. The summed E-state index contributed by atoms with van der Waals surface area (Å²) in [5.41, 5.74) is -0.177. The van der Waals surface area contributed by atoms with Gasteiger partial charge in [0.25, 0.3) is 5.91 Å². The predicted octanol–water partition coefficient (Wildman–Crippen LogP) is 3.04. The fourth-order valence-electron chi connectivity index (χ4n) is 3.58. The number of nitrogens with two attached hydrogens (primary N) is 1. The standard InChI is InChI=1S/C21H25FN2O4S/c1-21(2,28-18-8-6-17(22)7-9-18)20(25)24-12-10-15(11-13-24)16-4-3-5-19(14-16)29(23,26)27/h3-9,14-15H,10-13H2,1-2H3,(H2,23,26,27). The molecule has 0 atom stereocenters. The van der Waals surface area contributed by atoms with Gasteiger partial charge in [0.15, 0.2) is 5.60 Å². The molecule has 1 saturated heterocycles. The van der Waals surface area contributed by atoms with E-state index in [0.717, 1.165) is 5.56 Å². The summed E-state index contributed by atoms with van der Waals surface area (Å²) in [6.45, 7) is 4.47. The van der Waals surface area contributed by atoms with Gasteiger partial charge in [-0.15, -0.1) is 0 Å². The molecule has 2 aromatic rings. The minimum absolute atomic E-state index is 0.0994. The van der Waals surface area contributed by atoms with Crippen molar-refractivity contribution in [1.29, 1.82) is 0 Å². The Balaban J connectivity index is 1.64. The summed E-state index contributed by atoms with van der Waals surface area (Å²) in [5, 5.41) is 5.22. The van der Waals surface area contributed by atoms with Crippen molar-refractivity contribution in [3.8, 4) is 5.75 Å². The van der Waals surface area contributed by atoms with Gasteiger partial charge in [0.2, 0.25) is 10.0 Å². The molecule has 6 nitrogen and oxygen atoms in total. The van der Waals surface area contributed by atoms with E-state index < -0.39 is 15.6 Å². The van der Waals surface area contributed by atoms with Crippen molar-refractivity contribution >= 4 is 15.9 Å². The average molecular weight is 421 g/mol. The number of benzene rings is 2. The van der Waals surface area contributed by atoms with Crippen LogP contribution in [0, 0.1) is 5.82 Å². The lowest BCUT2D eigenvalue weighted by atomic mass is 9.89. The van der Waals surface area contributed by atoms with Gasteiger partial charge in [-0.25, -0.2) is 17.9 Å². The van der Waals surface area contributed by atoms with Gasteiger partial charge in [0.1, 0.15) is 11.6 Å². The number of likely N-dealkylation sites (tertiary alicyclic amines) is 1. The van der Waals surface area contributed by atoms with Crippen LogP contribution in [0.1, 0.15) is 38.2 Å². The number of halogens is 1. The highest BCUT2D eigenvalue weighted by atomic mass is 32.2. The van der Waals surface area contributed by atoms with Gasteiger partial charge in [0, 0.05) is 13.1 Å². The summed E-state index contributed by atoms with van der Waals surface area (Å²) in [7, 11) is -3.74. The summed E-state index contributed by atoms with van der Waals surface area (Å²) in [4.78, 5) is 14.8. The van der Waals surface area contributed by atoms with E-state index in [1.165, 1.54) is 30.3 Å². The lowest BCUT2D eigenvalue weighted by Gasteiger charge is -2.37. The zero-order chi connectivity index (χ0) is 21.2. The molecule has 1 aliphatic heterocycles. The van der Waals surface area contributed by atoms with E-state index in [-0.39, 0.29) is 22.5 Å². The Bertz CT molecular complexity index is 982. The first-order chi connectivity index (χ1) is 13.6. The van der Waals surface area contributed by atoms with Gasteiger partial charge in [-0.3, -0.25) is 4.79 Å². The number of carbonyl (C=O) groups is 1. The van der Waals surface area contributed by atoms with Crippen LogP contribution in [0.2, 0.25) is 0 Å². The number of hydrogen-bond donors (Lipinski definition) is 1. The number of carbonyl (C=O) groups excluding carboxylic acids is 1. The number of amides is 1. The third kappa shape index (κ3) is 5.13. The second kappa shape index (κ2) is 8.12. The molecule has 29 heavy (non-hydrogen) atoms. The lowest BCUT2D eigenvalue weighted by Crippen LogP contribution is -2.51. The van der Waals surface area contributed by atoms with E-state index in [4.69, 9.17) is 9.88 Å². The second-order valence-corrected chi connectivity index (χ2v) is 9.31. The number of hydrogen-bond acceptors (Lipinski definition) is 4. The fraction of sp³-hybridized carbons (Fsp3) is 0.381. The molecule has 0 aromatic heterocycles. The average Bonchev–Trinajstić information content (AvgIpc) is 2.68. The van der Waals surface area contributed by atoms with Crippen LogP contribution in [-0.4, -0.2) is 37.9 Å². The molecule has 2 N–H and O–H groups in total. The van der Waals surface area contributed by atoms with Crippen molar-refractivity contribution in [2.45, 2.75) is 43.1 Å². The second-order valence-electron chi connectivity index (χ2n) is 7.75. The van der Waals surface area contributed by atoms with Gasteiger partial charge < -0.3 is 9.64 Å². The summed E-state index contributed by atoms with van der Waals surface area (Å²) in [6.07, 6.45) is 1.43. The Morgan fingerprint density at radius 1 is 1.14 bits per heavy atom. The van der Waals surface area contributed by atoms with Crippen LogP contribution in [-0.2, 0) is 14.8 Å². The monoisotopic (exact) mass is 420 g/mol. The molecule has 156 valence electrons. The number of sulfonamides is 1. The Morgan fingerprint density at radius 3 is 2.34 bits per heavy atom. The van der Waals surface area contributed by atoms with E-state index in [1.807, 2.05) is 6.07 Å². The van der Waals surface area contributed by atoms with Crippen LogP contribution in [0.4, 0.5) is 4.39 Å². The summed E-state index contributed by atoms with van der Waals surface area (Å²) < 4.78 is 42.0. The zero-order valence-corrected chi connectivity index (χ0v) is 17.3. The zero-order valence-electron chi connectivity index (χ0n) is 16.5. The molecule has 0 saturated carbocycles. The highest BCUT2D eigenvalue weighted by molar-refractivity contribution is 7.89. The van der Waals surface area contributed by atoms with Gasteiger partial charge in [-0.1, -0.05) is 12.1 Å². The topological polar surface area (TPSA) is 89.7 Å². The Kier molecular flexibility index (Phi) is 5.95. The SMILES string of the molecule is CC(C)(Oc1ccc(F)cc1)C(=O)N1CCC(c2cccc(S(N)(=O)=O)c2)CC1. The largest absolute Gasteiger partial charge is 0.478 e. The quantitative estimate of drug-likeness (QED) is 0.805. The van der Waals surface area contributed by atoms with Gasteiger partial charge in [-0.05, 0) is 74.6 Å². The predicted molar refractivity (Wildman–Crippen MR) is 107 cm³/mol. The molecule has 0 aliphatic carbocycles. The van der Waals surface area contributed by atoms with Gasteiger partial charge in [0.05, 0.1) is 4.90 Å². The highest BCUT2D eigenvalue weighted by Crippen LogP contribution is 2.31. The molecule has 0 radical (unpaired) electrons. The van der Waals surface area contributed by atoms with Crippen LogP contribution in [0.5, 0.6) is 5.75 Å². The van der Waals surface area contributed by atoms with Crippen LogP contribution in [0.25, 0.3) is 0 Å². The van der Waals surface area contributed by atoms with Crippen molar-refractivity contribution in [3.05, 3.63) is 59.9 Å². The maximum atomic E-state index is 13.1. The molecule has 3 rings (SSSR count). The molecule has 1 fully saturated rings. The summed E-state index contributed by atoms with van der Waals surface area (Å²) in [5.74, 6) is 0.0787. The molecule has 2 aromatic carbocycles. The van der Waals surface area contributed by atoms with E-state index in [1.54, 1.807) is 30.9 Å². The van der Waals surface area contributed by atoms with E-state index in [9.17, 15) is 17.6 Å². The molecule has 1 heterocycles. The molecule has 0 unspecified atom stereocenters. The number of ether oxygens (including phenoxy) is 1. The molecule has 0 spiro atoms. The first-order valence-corrected chi connectivity index (χ1v) is 11.0. The fourth-order valence-corrected chi connectivity index (χ4v) is 4.15. The van der Waals surface area contributed by atoms with Crippen molar-refractivity contribution < 1.29 is 22.3 Å². The van der Waals surface area contributed by atoms with Gasteiger partial charge >= 0.3 is 0 Å². The van der Waals surface area contributed by atoms with Crippen LogP contribution in [0.3, 0.4) is 0 Å². The molecule has 8 heteroatoms. The van der Waals surface area contributed by atoms with E-state index in [2.05, 4.69) is 0 Å². The third-order valence-corrected chi connectivity index (χ3v) is 6.05. The first kappa shape index (κ1) is 21.3. The first-order valence-electron chi connectivity index (χ1n) is 9.43. The highest BCUT2D eigenvalue weighted by Gasteiger charge is 2.36. The Hall–Kier alpha value is -2.45. The minimum Gasteiger partial charge on any atom is -0.478 e. The Morgan fingerprint density at radius 2 is 1.76 bits per heavy atom. The molecule has 0 bridgehead atoms. The number of piperidine rings is 1. The molecule has 1 aliphatic rings. The maximum absolute atomic E-state index is 13.1. The molecule has 1 amide bonds. The minimum atomic E-state index is -3.74. The lowest BCUT2D eigenvalue weighted by molar-refractivity contribution is -0.146. The number of primary sulfonamides is 1. The van der Waals surface area contributed by atoms with Crippen molar-refractivity contribution in [3.63, 3.8) is 0 Å².